The Kier molecular flexibility index (Phi) is 3.81. The minimum absolute atomic E-state index is 0.0951. The number of hydrogen-bond acceptors (Lipinski definition) is 4. The number of aryl methyl sites for hydroxylation is 1. The molecule has 1 amide bonds. The smallest absolute Gasteiger partial charge is 0.335 e. The van der Waals surface area contributed by atoms with E-state index < -0.39 is 17.9 Å². The largest absolute Gasteiger partial charge is 0.478 e. The number of benzene rings is 1. The summed E-state index contributed by atoms with van der Waals surface area (Å²) in [5, 5.41) is 15.4. The van der Waals surface area contributed by atoms with Crippen LogP contribution >= 0.6 is 0 Å². The van der Waals surface area contributed by atoms with E-state index >= 15 is 0 Å². The van der Waals surface area contributed by atoms with E-state index in [-0.39, 0.29) is 5.56 Å². The molecular formula is C13H14N4O3. The van der Waals surface area contributed by atoms with E-state index in [1.165, 1.54) is 18.3 Å². The lowest BCUT2D eigenvalue weighted by Gasteiger charge is -2.11. The molecule has 0 radical (unpaired) electrons. The molecular weight excluding hydrogens is 260 g/mol. The molecule has 2 aromatic rings. The summed E-state index contributed by atoms with van der Waals surface area (Å²) >= 11 is 0. The molecule has 0 bridgehead atoms. The van der Waals surface area contributed by atoms with E-state index in [2.05, 4.69) is 10.4 Å². The predicted molar refractivity (Wildman–Crippen MR) is 72.2 cm³/mol. The highest BCUT2D eigenvalue weighted by Crippen LogP contribution is 2.14. The van der Waals surface area contributed by atoms with Gasteiger partial charge in [0.2, 0.25) is 5.91 Å². The summed E-state index contributed by atoms with van der Waals surface area (Å²) in [6.07, 6.45) is 3.16. The van der Waals surface area contributed by atoms with Crippen molar-refractivity contribution in [1.29, 1.82) is 0 Å². The van der Waals surface area contributed by atoms with Crippen molar-refractivity contribution in [1.82, 2.24) is 9.78 Å². The number of anilines is 1. The molecule has 7 heteroatoms. The van der Waals surface area contributed by atoms with Gasteiger partial charge >= 0.3 is 5.97 Å². The van der Waals surface area contributed by atoms with Gasteiger partial charge in [-0.15, -0.1) is 0 Å². The van der Waals surface area contributed by atoms with Crippen LogP contribution in [0.3, 0.4) is 0 Å². The first-order valence-electron chi connectivity index (χ1n) is 5.85. The highest BCUT2D eigenvalue weighted by atomic mass is 16.4. The molecule has 4 N–H and O–H groups in total. The summed E-state index contributed by atoms with van der Waals surface area (Å²) in [5.74, 6) is -1.49. The van der Waals surface area contributed by atoms with Gasteiger partial charge < -0.3 is 16.2 Å². The van der Waals surface area contributed by atoms with Gasteiger partial charge in [-0.2, -0.15) is 5.10 Å². The second kappa shape index (κ2) is 5.54. The van der Waals surface area contributed by atoms with Crippen LogP contribution in [0.1, 0.15) is 22.0 Å². The zero-order valence-electron chi connectivity index (χ0n) is 10.8. The number of carbonyl (C=O) groups is 2. The van der Waals surface area contributed by atoms with Gasteiger partial charge in [-0.25, -0.2) is 4.79 Å². The van der Waals surface area contributed by atoms with E-state index in [4.69, 9.17) is 10.8 Å². The van der Waals surface area contributed by atoms with Gasteiger partial charge in [0.1, 0.15) is 6.04 Å². The highest BCUT2D eigenvalue weighted by Gasteiger charge is 2.17. The van der Waals surface area contributed by atoms with Crippen LogP contribution in [0.15, 0.2) is 36.7 Å². The molecule has 0 saturated carbocycles. The van der Waals surface area contributed by atoms with Gasteiger partial charge in [0.15, 0.2) is 0 Å². The molecule has 20 heavy (non-hydrogen) atoms. The normalized spacial score (nSPS) is 11.9. The predicted octanol–water partition coefficient (Wildman–Crippen LogP) is 0.757. The summed E-state index contributed by atoms with van der Waals surface area (Å²) in [6, 6.07) is 5.10. The first-order chi connectivity index (χ1) is 9.47. The summed E-state index contributed by atoms with van der Waals surface area (Å²) < 4.78 is 1.55. The number of rotatable bonds is 4. The van der Waals surface area contributed by atoms with Crippen molar-refractivity contribution >= 4 is 17.6 Å². The zero-order chi connectivity index (χ0) is 14.7. The number of carbonyl (C=O) groups excluding carboxylic acids is 1. The maximum atomic E-state index is 12.0. The Bertz CT molecular complexity index is 651. The fourth-order valence-electron chi connectivity index (χ4n) is 1.70. The van der Waals surface area contributed by atoms with Gasteiger partial charge in [-0.3, -0.25) is 9.48 Å². The Morgan fingerprint density at radius 3 is 2.80 bits per heavy atom. The summed E-state index contributed by atoms with van der Waals surface area (Å²) in [6.45, 7) is 0. The van der Waals surface area contributed by atoms with Crippen LogP contribution in [-0.4, -0.2) is 26.8 Å². The van der Waals surface area contributed by atoms with Crippen molar-refractivity contribution in [3.63, 3.8) is 0 Å². The molecule has 0 saturated heterocycles. The quantitative estimate of drug-likeness (QED) is 0.762. The summed E-state index contributed by atoms with van der Waals surface area (Å²) in [5.41, 5.74) is 6.88. The zero-order valence-corrected chi connectivity index (χ0v) is 10.8. The second-order valence-electron chi connectivity index (χ2n) is 4.30. The number of aromatic nitrogens is 2. The molecule has 2 rings (SSSR count). The third-order valence-corrected chi connectivity index (χ3v) is 2.74. The summed E-state index contributed by atoms with van der Waals surface area (Å²) in [4.78, 5) is 22.8. The monoisotopic (exact) mass is 274 g/mol. The molecule has 1 heterocycles. The molecule has 1 atom stereocenters. The number of amides is 1. The summed E-state index contributed by atoms with van der Waals surface area (Å²) in [7, 11) is 1.73. The molecule has 104 valence electrons. The standard InChI is InChI=1S/C13H14N4O3/c1-17-7-9(6-15-17)11(14)12(18)16-10-4-2-3-8(5-10)13(19)20/h2-7,11H,14H2,1H3,(H,16,18)(H,19,20). The maximum Gasteiger partial charge on any atom is 0.335 e. The lowest BCUT2D eigenvalue weighted by Crippen LogP contribution is -2.27. The molecule has 0 fully saturated rings. The van der Waals surface area contributed by atoms with Gasteiger partial charge in [-0.1, -0.05) is 6.07 Å². The van der Waals surface area contributed by atoms with Crippen molar-refractivity contribution < 1.29 is 14.7 Å². The van der Waals surface area contributed by atoms with Crippen molar-refractivity contribution in [3.8, 4) is 0 Å². The third-order valence-electron chi connectivity index (χ3n) is 2.74. The first kappa shape index (κ1) is 13.8. The molecule has 7 nitrogen and oxygen atoms in total. The number of carboxylic acids is 1. The SMILES string of the molecule is Cn1cc(C(N)C(=O)Nc2cccc(C(=O)O)c2)cn1. The first-order valence-corrected chi connectivity index (χ1v) is 5.85. The number of aromatic carboxylic acids is 1. The van der Waals surface area contributed by atoms with E-state index in [1.54, 1.807) is 30.1 Å². The minimum Gasteiger partial charge on any atom is -0.478 e. The molecule has 0 aliphatic rings. The maximum absolute atomic E-state index is 12.0. The van der Waals surface area contributed by atoms with E-state index in [9.17, 15) is 9.59 Å². The second-order valence-corrected chi connectivity index (χ2v) is 4.30. The fourth-order valence-corrected chi connectivity index (χ4v) is 1.70. The van der Waals surface area contributed by atoms with Gasteiger partial charge in [0.25, 0.3) is 0 Å². The third kappa shape index (κ3) is 3.01. The van der Waals surface area contributed by atoms with Crippen LogP contribution in [0.25, 0.3) is 0 Å². The molecule has 1 aromatic heterocycles. The van der Waals surface area contributed by atoms with Crippen molar-refractivity contribution in [2.45, 2.75) is 6.04 Å². The molecule has 0 spiro atoms. The van der Waals surface area contributed by atoms with Crippen molar-refractivity contribution in [2.24, 2.45) is 12.8 Å². The molecule has 0 aliphatic carbocycles. The number of carboxylic acid groups (broad SMARTS) is 1. The van der Waals surface area contributed by atoms with Crippen LogP contribution < -0.4 is 11.1 Å². The van der Waals surface area contributed by atoms with E-state index in [1.807, 2.05) is 0 Å². The van der Waals surface area contributed by atoms with Gasteiger partial charge in [0, 0.05) is 24.5 Å². The van der Waals surface area contributed by atoms with Crippen LogP contribution in [0.2, 0.25) is 0 Å². The lowest BCUT2D eigenvalue weighted by atomic mass is 10.1. The molecule has 1 aromatic carbocycles. The molecule has 0 aliphatic heterocycles. The average Bonchev–Trinajstić information content (AvgIpc) is 2.84. The Labute approximate surface area is 115 Å². The number of nitrogens with zero attached hydrogens (tertiary/aromatic N) is 2. The topological polar surface area (TPSA) is 110 Å². The van der Waals surface area contributed by atoms with Gasteiger partial charge in [0.05, 0.1) is 11.8 Å². The van der Waals surface area contributed by atoms with Crippen molar-refractivity contribution in [3.05, 3.63) is 47.8 Å². The minimum atomic E-state index is -1.06. The van der Waals surface area contributed by atoms with Crippen LogP contribution in [-0.2, 0) is 11.8 Å². The number of hydrogen-bond donors (Lipinski definition) is 3. The Hall–Kier alpha value is -2.67. The average molecular weight is 274 g/mol. The fraction of sp³-hybridized carbons (Fsp3) is 0.154. The Morgan fingerprint density at radius 1 is 1.45 bits per heavy atom. The van der Waals surface area contributed by atoms with Gasteiger partial charge in [-0.05, 0) is 18.2 Å². The van der Waals surface area contributed by atoms with Crippen molar-refractivity contribution in [2.75, 3.05) is 5.32 Å². The number of nitrogens with two attached hydrogens (primary N) is 1. The van der Waals surface area contributed by atoms with E-state index in [0.717, 1.165) is 0 Å². The highest BCUT2D eigenvalue weighted by molar-refractivity contribution is 5.96. The lowest BCUT2D eigenvalue weighted by molar-refractivity contribution is -0.117. The van der Waals surface area contributed by atoms with E-state index in [0.29, 0.717) is 11.3 Å². The van der Waals surface area contributed by atoms with Crippen LogP contribution in [0.5, 0.6) is 0 Å². The Balaban J connectivity index is 2.11. The number of nitrogens with one attached hydrogen (secondary N) is 1. The van der Waals surface area contributed by atoms with Crippen LogP contribution in [0, 0.1) is 0 Å². The van der Waals surface area contributed by atoms with Crippen LogP contribution in [0.4, 0.5) is 5.69 Å². The Morgan fingerprint density at radius 2 is 2.20 bits per heavy atom. The molecule has 1 unspecified atom stereocenters.